The van der Waals surface area contributed by atoms with Crippen LogP contribution in [0, 0.1) is 0 Å². The van der Waals surface area contributed by atoms with Crippen molar-refractivity contribution >= 4 is 0 Å². The van der Waals surface area contributed by atoms with Gasteiger partial charge in [-0.1, -0.05) is 19.3 Å². The van der Waals surface area contributed by atoms with Gasteiger partial charge in [0.2, 0.25) is 6.29 Å². The van der Waals surface area contributed by atoms with Crippen LogP contribution in [0.25, 0.3) is 0 Å². The molecular weight excluding hydrogens is 456 g/mol. The normalized spacial score (nSPS) is 15.7. The van der Waals surface area contributed by atoms with E-state index in [0.717, 1.165) is 37.2 Å². The summed E-state index contributed by atoms with van der Waals surface area (Å²) in [6, 6.07) is 1.83. The summed E-state index contributed by atoms with van der Waals surface area (Å²) in [6.45, 7) is 6.04. The zero-order valence-corrected chi connectivity index (χ0v) is 21.7. The van der Waals surface area contributed by atoms with Crippen molar-refractivity contribution in [3.05, 3.63) is 23.8 Å². The average molecular weight is 501 g/mol. The van der Waals surface area contributed by atoms with E-state index in [1.807, 2.05) is 6.07 Å². The zero-order valence-electron chi connectivity index (χ0n) is 21.7. The van der Waals surface area contributed by atoms with Crippen LogP contribution in [0.4, 0.5) is 0 Å². The Morgan fingerprint density at radius 2 is 1.23 bits per heavy atom. The Bertz CT molecular complexity index is 642. The molecule has 0 amide bonds. The molecule has 0 N–H and O–H groups in total. The first-order valence-electron chi connectivity index (χ1n) is 12.5. The Hall–Kier alpha value is -1.24. The second kappa shape index (κ2) is 18.9. The molecule has 1 aliphatic rings. The topological polar surface area (TPSA) is 99.6 Å². The molecule has 2 rings (SSSR count). The lowest BCUT2D eigenvalue weighted by Gasteiger charge is -2.35. The minimum atomic E-state index is -0.499. The van der Waals surface area contributed by atoms with Crippen molar-refractivity contribution in [2.24, 2.45) is 0 Å². The molecule has 1 heterocycles. The summed E-state index contributed by atoms with van der Waals surface area (Å²) in [6.07, 6.45) is 6.83. The molecule has 1 aliphatic carbocycles. The fourth-order valence-corrected chi connectivity index (χ4v) is 4.05. The van der Waals surface area contributed by atoms with Crippen molar-refractivity contribution in [1.82, 2.24) is 9.97 Å². The van der Waals surface area contributed by atoms with Crippen molar-refractivity contribution in [2.75, 3.05) is 94.0 Å². The Balaban J connectivity index is 1.59. The molecule has 0 radical (unpaired) electrons. The number of hydrogen-bond donors (Lipinski definition) is 0. The van der Waals surface area contributed by atoms with E-state index in [9.17, 15) is 0 Å². The predicted molar refractivity (Wildman–Crippen MR) is 130 cm³/mol. The van der Waals surface area contributed by atoms with Crippen molar-refractivity contribution in [3.8, 4) is 0 Å². The van der Waals surface area contributed by atoms with Crippen molar-refractivity contribution in [3.63, 3.8) is 0 Å². The fourth-order valence-electron chi connectivity index (χ4n) is 4.05. The molecule has 0 atom stereocenters. The highest BCUT2D eigenvalue weighted by Crippen LogP contribution is 2.38. The fraction of sp³-hybridized carbons (Fsp3) is 0.840. The predicted octanol–water partition coefficient (Wildman–Crippen LogP) is 2.70. The second-order valence-electron chi connectivity index (χ2n) is 8.44. The van der Waals surface area contributed by atoms with Gasteiger partial charge >= 0.3 is 0 Å². The van der Waals surface area contributed by atoms with Gasteiger partial charge < -0.3 is 37.9 Å². The van der Waals surface area contributed by atoms with Crippen molar-refractivity contribution in [1.29, 1.82) is 0 Å². The SMILES string of the molecule is COCCOCCOCCOCCOCCOCC1(c2nccc(C(OC)OC)n2)CCCCC1. The van der Waals surface area contributed by atoms with Gasteiger partial charge in [0, 0.05) is 27.5 Å². The van der Waals surface area contributed by atoms with Crippen LogP contribution in [0.15, 0.2) is 12.3 Å². The van der Waals surface area contributed by atoms with Gasteiger partial charge in [0.1, 0.15) is 5.82 Å². The third kappa shape index (κ3) is 11.6. The zero-order chi connectivity index (χ0) is 25.0. The van der Waals surface area contributed by atoms with Gasteiger partial charge in [-0.15, -0.1) is 0 Å². The third-order valence-electron chi connectivity index (χ3n) is 5.93. The first kappa shape index (κ1) is 30.0. The summed E-state index contributed by atoms with van der Waals surface area (Å²) in [5.74, 6) is 0.812. The Labute approximate surface area is 209 Å². The van der Waals surface area contributed by atoms with Crippen LogP contribution in [0.1, 0.15) is 49.9 Å². The molecule has 0 unspecified atom stereocenters. The van der Waals surface area contributed by atoms with E-state index in [0.29, 0.717) is 72.7 Å². The molecular formula is C25H44N2O8. The molecule has 0 saturated heterocycles. The molecule has 10 nitrogen and oxygen atoms in total. The monoisotopic (exact) mass is 500 g/mol. The highest BCUT2D eigenvalue weighted by atomic mass is 16.7. The maximum absolute atomic E-state index is 6.04. The first-order valence-corrected chi connectivity index (χ1v) is 12.5. The number of aromatic nitrogens is 2. The summed E-state index contributed by atoms with van der Waals surface area (Å²) in [7, 11) is 4.87. The van der Waals surface area contributed by atoms with Crippen LogP contribution in [0.2, 0.25) is 0 Å². The molecule has 202 valence electrons. The highest BCUT2D eigenvalue weighted by molar-refractivity contribution is 5.14. The minimum absolute atomic E-state index is 0.182. The minimum Gasteiger partial charge on any atom is -0.382 e. The number of rotatable bonds is 21. The van der Waals surface area contributed by atoms with Crippen molar-refractivity contribution in [2.45, 2.75) is 43.8 Å². The quantitative estimate of drug-likeness (QED) is 0.185. The van der Waals surface area contributed by atoms with E-state index in [1.165, 1.54) is 6.42 Å². The van der Waals surface area contributed by atoms with Crippen LogP contribution in [-0.4, -0.2) is 104 Å². The summed E-state index contributed by atoms with van der Waals surface area (Å²) in [4.78, 5) is 9.40. The number of hydrogen-bond acceptors (Lipinski definition) is 10. The van der Waals surface area contributed by atoms with Gasteiger partial charge in [-0.3, -0.25) is 0 Å². The van der Waals surface area contributed by atoms with Gasteiger partial charge in [0.25, 0.3) is 0 Å². The molecule has 1 aromatic rings. The van der Waals surface area contributed by atoms with Gasteiger partial charge in [-0.05, 0) is 18.9 Å². The molecule has 35 heavy (non-hydrogen) atoms. The van der Waals surface area contributed by atoms with E-state index in [2.05, 4.69) is 4.98 Å². The van der Waals surface area contributed by atoms with E-state index in [-0.39, 0.29) is 5.41 Å². The summed E-state index contributed by atoms with van der Waals surface area (Å²) >= 11 is 0. The molecule has 10 heteroatoms. The van der Waals surface area contributed by atoms with E-state index < -0.39 is 6.29 Å². The molecule has 1 saturated carbocycles. The molecule has 0 aliphatic heterocycles. The maximum Gasteiger partial charge on any atom is 0.200 e. The van der Waals surface area contributed by atoms with Gasteiger partial charge in [0.05, 0.1) is 83.8 Å². The van der Waals surface area contributed by atoms with E-state index in [1.54, 1.807) is 27.5 Å². The second-order valence-corrected chi connectivity index (χ2v) is 8.44. The largest absolute Gasteiger partial charge is 0.382 e. The number of nitrogens with zero attached hydrogens (tertiary/aromatic N) is 2. The molecule has 1 aromatic heterocycles. The average Bonchev–Trinajstić information content (AvgIpc) is 2.90. The lowest BCUT2D eigenvalue weighted by Crippen LogP contribution is -2.37. The summed E-state index contributed by atoms with van der Waals surface area (Å²) in [5, 5.41) is 0. The third-order valence-corrected chi connectivity index (χ3v) is 5.93. The Morgan fingerprint density at radius 3 is 1.74 bits per heavy atom. The number of methoxy groups -OCH3 is 3. The van der Waals surface area contributed by atoms with Crippen LogP contribution >= 0.6 is 0 Å². The Kier molecular flexibility index (Phi) is 16.2. The number of ether oxygens (including phenoxy) is 8. The van der Waals surface area contributed by atoms with Crippen molar-refractivity contribution < 1.29 is 37.9 Å². The maximum atomic E-state index is 6.04. The van der Waals surface area contributed by atoms with Gasteiger partial charge in [0.15, 0.2) is 0 Å². The smallest absolute Gasteiger partial charge is 0.200 e. The molecule has 1 fully saturated rings. The van der Waals surface area contributed by atoms with E-state index in [4.69, 9.17) is 42.9 Å². The first-order chi connectivity index (χ1) is 17.3. The lowest BCUT2D eigenvalue weighted by molar-refractivity contribution is -0.109. The van der Waals surface area contributed by atoms with Crippen LogP contribution < -0.4 is 0 Å². The lowest BCUT2D eigenvalue weighted by atomic mass is 9.74. The van der Waals surface area contributed by atoms with E-state index >= 15 is 0 Å². The van der Waals surface area contributed by atoms with Gasteiger partial charge in [-0.25, -0.2) is 9.97 Å². The van der Waals surface area contributed by atoms with Crippen LogP contribution in [0.3, 0.4) is 0 Å². The summed E-state index contributed by atoms with van der Waals surface area (Å²) < 4.78 is 43.6. The molecule has 0 spiro atoms. The molecule has 0 bridgehead atoms. The highest BCUT2D eigenvalue weighted by Gasteiger charge is 2.37. The standard InChI is InChI=1S/C25H44N2O8/c1-28-11-12-31-13-14-32-15-16-33-17-18-34-19-20-35-21-25(8-5-4-6-9-25)24-26-10-7-22(27-24)23(29-2)30-3/h7,10,23H,4-6,8-9,11-21H2,1-3H3. The van der Waals surface area contributed by atoms with Crippen LogP contribution in [0.5, 0.6) is 0 Å². The van der Waals surface area contributed by atoms with Gasteiger partial charge in [-0.2, -0.15) is 0 Å². The Morgan fingerprint density at radius 1 is 0.714 bits per heavy atom. The molecule has 0 aromatic carbocycles. The van der Waals surface area contributed by atoms with Crippen LogP contribution in [-0.2, 0) is 43.3 Å². The summed E-state index contributed by atoms with van der Waals surface area (Å²) in [5.41, 5.74) is 0.548.